The summed E-state index contributed by atoms with van der Waals surface area (Å²) in [6.45, 7) is 0.489. The van der Waals surface area contributed by atoms with Crippen molar-refractivity contribution in [2.75, 3.05) is 12.3 Å². The maximum absolute atomic E-state index is 12.8. The zero-order chi connectivity index (χ0) is 15.7. The van der Waals surface area contributed by atoms with Crippen LogP contribution in [0.2, 0.25) is 10.0 Å². The van der Waals surface area contributed by atoms with Gasteiger partial charge in [0.05, 0.1) is 10.3 Å². The van der Waals surface area contributed by atoms with E-state index in [1.165, 1.54) is 4.31 Å². The summed E-state index contributed by atoms with van der Waals surface area (Å²) in [5.41, 5.74) is 0.935. The van der Waals surface area contributed by atoms with Crippen LogP contribution in [0.25, 0.3) is 0 Å². The summed E-state index contributed by atoms with van der Waals surface area (Å²) >= 11 is 13.4. The highest BCUT2D eigenvalue weighted by molar-refractivity contribution is 8.01. The van der Waals surface area contributed by atoms with Gasteiger partial charge in [-0.3, -0.25) is 0 Å². The van der Waals surface area contributed by atoms with Crippen molar-refractivity contribution < 1.29 is 8.42 Å². The molecule has 1 fully saturated rings. The number of nitrogens with zero attached hydrogens (tertiary/aromatic N) is 1. The molecule has 7 heteroatoms. The molecule has 1 aliphatic rings. The van der Waals surface area contributed by atoms with E-state index in [4.69, 9.17) is 23.2 Å². The fraction of sp³-hybridized carbons (Fsp3) is 0.200. The Morgan fingerprint density at radius 2 is 1.50 bits per heavy atom. The van der Waals surface area contributed by atoms with Crippen LogP contribution in [0, 0.1) is 0 Å². The van der Waals surface area contributed by atoms with Crippen LogP contribution in [0.1, 0.15) is 10.9 Å². The average molecular weight is 374 g/mol. The molecule has 2 aromatic rings. The van der Waals surface area contributed by atoms with Crippen LogP contribution in [0.3, 0.4) is 0 Å². The number of rotatable bonds is 3. The second kappa shape index (κ2) is 6.42. The molecule has 22 heavy (non-hydrogen) atoms. The molecular formula is C15H13Cl2NO2S2. The summed E-state index contributed by atoms with van der Waals surface area (Å²) in [5, 5.41) is 0.931. The number of thioether (sulfide) groups is 1. The highest BCUT2D eigenvalue weighted by atomic mass is 35.5. The average Bonchev–Trinajstić information content (AvgIpc) is 2.99. The van der Waals surface area contributed by atoms with Crippen LogP contribution in [0.5, 0.6) is 0 Å². The topological polar surface area (TPSA) is 37.4 Å². The predicted octanol–water partition coefficient (Wildman–Crippen LogP) is 4.43. The lowest BCUT2D eigenvalue weighted by atomic mass is 10.2. The van der Waals surface area contributed by atoms with Gasteiger partial charge in [0.2, 0.25) is 10.0 Å². The Hall–Kier alpha value is -0.720. The van der Waals surface area contributed by atoms with Gasteiger partial charge in [-0.05, 0) is 42.0 Å². The first-order valence-electron chi connectivity index (χ1n) is 6.63. The molecule has 0 aromatic heterocycles. The first-order chi connectivity index (χ1) is 10.5. The predicted molar refractivity (Wildman–Crippen MR) is 92.0 cm³/mol. The molecule has 0 unspecified atom stereocenters. The van der Waals surface area contributed by atoms with Crippen molar-refractivity contribution in [2.24, 2.45) is 0 Å². The third-order valence-electron chi connectivity index (χ3n) is 3.42. The van der Waals surface area contributed by atoms with Gasteiger partial charge in [-0.2, -0.15) is 4.31 Å². The van der Waals surface area contributed by atoms with E-state index in [1.54, 1.807) is 48.2 Å². The van der Waals surface area contributed by atoms with Gasteiger partial charge in [-0.1, -0.05) is 35.3 Å². The Morgan fingerprint density at radius 1 is 0.955 bits per heavy atom. The lowest BCUT2D eigenvalue weighted by Crippen LogP contribution is -2.30. The summed E-state index contributed by atoms with van der Waals surface area (Å²) < 4.78 is 27.2. The van der Waals surface area contributed by atoms with Gasteiger partial charge in [0.15, 0.2) is 0 Å². The Kier molecular flexibility index (Phi) is 4.71. The summed E-state index contributed by atoms with van der Waals surface area (Å²) in [4.78, 5) is 0.262. The molecule has 0 amide bonds. The molecule has 0 aliphatic carbocycles. The Bertz CT molecular complexity index is 761. The molecular weight excluding hydrogens is 361 g/mol. The smallest absolute Gasteiger partial charge is 0.207 e. The van der Waals surface area contributed by atoms with Crippen LogP contribution in [0.15, 0.2) is 53.4 Å². The van der Waals surface area contributed by atoms with Gasteiger partial charge in [0.1, 0.15) is 0 Å². The van der Waals surface area contributed by atoms with E-state index in [0.29, 0.717) is 16.6 Å². The van der Waals surface area contributed by atoms with Gasteiger partial charge in [-0.25, -0.2) is 8.42 Å². The molecule has 1 heterocycles. The molecule has 1 saturated heterocycles. The molecule has 0 spiro atoms. The summed E-state index contributed by atoms with van der Waals surface area (Å²) in [7, 11) is -3.54. The van der Waals surface area contributed by atoms with E-state index >= 15 is 0 Å². The second-order valence-corrected chi connectivity index (χ2v) is 8.80. The van der Waals surface area contributed by atoms with Crippen LogP contribution in [0.4, 0.5) is 0 Å². The lowest BCUT2D eigenvalue weighted by Gasteiger charge is -2.23. The van der Waals surface area contributed by atoms with Crippen molar-refractivity contribution in [1.29, 1.82) is 0 Å². The van der Waals surface area contributed by atoms with Gasteiger partial charge >= 0.3 is 0 Å². The van der Waals surface area contributed by atoms with E-state index in [1.807, 2.05) is 12.1 Å². The van der Waals surface area contributed by atoms with Gasteiger partial charge in [0.25, 0.3) is 0 Å². The normalized spacial score (nSPS) is 19.5. The quantitative estimate of drug-likeness (QED) is 0.798. The van der Waals surface area contributed by atoms with Crippen LogP contribution >= 0.6 is 35.0 Å². The number of sulfonamides is 1. The Morgan fingerprint density at radius 3 is 2.09 bits per heavy atom. The van der Waals surface area contributed by atoms with E-state index in [0.717, 1.165) is 11.3 Å². The van der Waals surface area contributed by atoms with Gasteiger partial charge in [0, 0.05) is 22.3 Å². The molecule has 3 nitrogen and oxygen atoms in total. The van der Waals surface area contributed by atoms with Gasteiger partial charge < -0.3 is 0 Å². The van der Waals surface area contributed by atoms with Crippen LogP contribution < -0.4 is 0 Å². The third-order valence-corrected chi connectivity index (χ3v) is 7.20. The highest BCUT2D eigenvalue weighted by Crippen LogP contribution is 2.41. The number of hydrogen-bond acceptors (Lipinski definition) is 3. The van der Waals surface area contributed by atoms with E-state index < -0.39 is 10.0 Å². The van der Waals surface area contributed by atoms with E-state index in [9.17, 15) is 8.42 Å². The molecule has 0 radical (unpaired) electrons. The molecule has 0 bridgehead atoms. The number of benzene rings is 2. The van der Waals surface area contributed by atoms with Crippen LogP contribution in [-0.4, -0.2) is 25.0 Å². The second-order valence-electron chi connectivity index (χ2n) is 4.84. The Labute approximate surface area is 144 Å². The van der Waals surface area contributed by atoms with Crippen molar-refractivity contribution in [3.63, 3.8) is 0 Å². The van der Waals surface area contributed by atoms with Crippen molar-refractivity contribution in [3.05, 3.63) is 64.1 Å². The van der Waals surface area contributed by atoms with Crippen molar-refractivity contribution in [1.82, 2.24) is 4.31 Å². The van der Waals surface area contributed by atoms with Crippen molar-refractivity contribution in [2.45, 2.75) is 10.3 Å². The largest absolute Gasteiger partial charge is 0.244 e. The van der Waals surface area contributed by atoms with E-state index in [2.05, 4.69) is 0 Å². The molecule has 116 valence electrons. The molecule has 1 atom stereocenters. The van der Waals surface area contributed by atoms with Gasteiger partial charge in [-0.15, -0.1) is 11.8 Å². The molecule has 3 rings (SSSR count). The summed E-state index contributed by atoms with van der Waals surface area (Å²) in [6, 6.07) is 13.6. The zero-order valence-corrected chi connectivity index (χ0v) is 14.6. The summed E-state index contributed by atoms with van der Waals surface area (Å²) in [6.07, 6.45) is 0. The fourth-order valence-electron chi connectivity index (χ4n) is 2.33. The molecule has 0 N–H and O–H groups in total. The number of halogens is 2. The standard InChI is InChI=1S/C15H13Cl2NO2S2/c16-12-3-1-11(2-4-12)15-18(9-10-21-15)22(19,20)14-7-5-13(17)6-8-14/h1-8,15H,9-10H2/t15-/m1/s1. The first-order valence-corrected chi connectivity index (χ1v) is 9.87. The monoisotopic (exact) mass is 373 g/mol. The Balaban J connectivity index is 1.95. The molecule has 2 aromatic carbocycles. The molecule has 1 aliphatic heterocycles. The minimum absolute atomic E-state index is 0.224. The van der Waals surface area contributed by atoms with Crippen molar-refractivity contribution in [3.8, 4) is 0 Å². The maximum Gasteiger partial charge on any atom is 0.244 e. The lowest BCUT2D eigenvalue weighted by molar-refractivity contribution is 0.434. The highest BCUT2D eigenvalue weighted by Gasteiger charge is 2.36. The maximum atomic E-state index is 12.8. The minimum atomic E-state index is -3.54. The first kappa shape index (κ1) is 16.1. The van der Waals surface area contributed by atoms with Crippen molar-refractivity contribution >= 4 is 45.0 Å². The fourth-order valence-corrected chi connectivity index (χ4v) is 5.83. The van der Waals surface area contributed by atoms with Crippen LogP contribution in [-0.2, 0) is 10.0 Å². The number of hydrogen-bond donors (Lipinski definition) is 0. The minimum Gasteiger partial charge on any atom is -0.207 e. The summed E-state index contributed by atoms with van der Waals surface area (Å²) in [5.74, 6) is 0.764. The third kappa shape index (κ3) is 3.14. The zero-order valence-electron chi connectivity index (χ0n) is 11.4. The van der Waals surface area contributed by atoms with E-state index in [-0.39, 0.29) is 10.3 Å². The molecule has 0 saturated carbocycles. The SMILES string of the molecule is O=S(=O)(c1ccc(Cl)cc1)N1CCS[C@@H]1c1ccc(Cl)cc1.